The quantitative estimate of drug-likeness (QED) is 0.819. The summed E-state index contributed by atoms with van der Waals surface area (Å²) in [6, 6.07) is 3.74. The van der Waals surface area contributed by atoms with Crippen molar-refractivity contribution in [2.24, 2.45) is 0 Å². The molecule has 0 spiro atoms. The first-order valence-corrected chi connectivity index (χ1v) is 6.94. The summed E-state index contributed by atoms with van der Waals surface area (Å²) in [6.45, 7) is 2.48. The smallest absolute Gasteiger partial charge is 0.313 e. The van der Waals surface area contributed by atoms with Gasteiger partial charge >= 0.3 is 5.97 Å². The van der Waals surface area contributed by atoms with Crippen LogP contribution in [0, 0.1) is 6.92 Å². The summed E-state index contributed by atoms with van der Waals surface area (Å²) in [5, 5.41) is 9.44. The van der Waals surface area contributed by atoms with E-state index in [1.807, 2.05) is 29.8 Å². The lowest BCUT2D eigenvalue weighted by Crippen LogP contribution is -2.04. The Morgan fingerprint density at radius 3 is 3.05 bits per heavy atom. The Morgan fingerprint density at radius 1 is 1.55 bits per heavy atom. The maximum atomic E-state index is 10.6. The SMILES string of the molecule is COc1cc(Cn2cc(C)nc2SCC(=O)O)ccn1. The average Bonchev–Trinajstić information content (AvgIpc) is 2.76. The van der Waals surface area contributed by atoms with Crippen molar-refractivity contribution < 1.29 is 14.6 Å². The molecule has 2 aromatic rings. The largest absolute Gasteiger partial charge is 0.481 e. The minimum atomic E-state index is -0.854. The highest BCUT2D eigenvalue weighted by Crippen LogP contribution is 2.19. The summed E-state index contributed by atoms with van der Waals surface area (Å²) in [7, 11) is 1.57. The van der Waals surface area contributed by atoms with Crippen LogP contribution in [-0.2, 0) is 11.3 Å². The van der Waals surface area contributed by atoms with Crippen LogP contribution in [0.2, 0.25) is 0 Å². The molecule has 20 heavy (non-hydrogen) atoms. The van der Waals surface area contributed by atoms with E-state index in [2.05, 4.69) is 9.97 Å². The van der Waals surface area contributed by atoms with Gasteiger partial charge in [-0.1, -0.05) is 11.8 Å². The van der Waals surface area contributed by atoms with E-state index in [1.54, 1.807) is 13.3 Å². The fraction of sp³-hybridized carbons (Fsp3) is 0.308. The molecule has 6 nitrogen and oxygen atoms in total. The van der Waals surface area contributed by atoms with Crippen molar-refractivity contribution in [2.45, 2.75) is 18.6 Å². The van der Waals surface area contributed by atoms with Gasteiger partial charge in [-0.05, 0) is 18.6 Å². The predicted octanol–water partition coefficient (Wildman–Crippen LogP) is 1.82. The number of ether oxygens (including phenoxy) is 1. The minimum absolute atomic E-state index is 0.00385. The zero-order chi connectivity index (χ0) is 14.5. The van der Waals surface area contributed by atoms with Crippen LogP contribution in [0.25, 0.3) is 0 Å². The van der Waals surface area contributed by atoms with Crippen molar-refractivity contribution >= 4 is 17.7 Å². The molecule has 0 aliphatic rings. The Balaban J connectivity index is 2.17. The molecule has 0 bridgehead atoms. The first kappa shape index (κ1) is 14.4. The number of hydrogen-bond donors (Lipinski definition) is 1. The Bertz CT molecular complexity index is 613. The summed E-state index contributed by atoms with van der Waals surface area (Å²) in [5.41, 5.74) is 1.88. The van der Waals surface area contributed by atoms with Crippen molar-refractivity contribution in [3.8, 4) is 5.88 Å². The van der Waals surface area contributed by atoms with Crippen molar-refractivity contribution in [3.63, 3.8) is 0 Å². The van der Waals surface area contributed by atoms with E-state index in [4.69, 9.17) is 9.84 Å². The molecule has 0 aliphatic carbocycles. The van der Waals surface area contributed by atoms with Crippen LogP contribution >= 0.6 is 11.8 Å². The van der Waals surface area contributed by atoms with Crippen molar-refractivity contribution in [2.75, 3.05) is 12.9 Å². The van der Waals surface area contributed by atoms with E-state index >= 15 is 0 Å². The van der Waals surface area contributed by atoms with Gasteiger partial charge in [-0.3, -0.25) is 4.79 Å². The van der Waals surface area contributed by atoms with Gasteiger partial charge in [0, 0.05) is 25.0 Å². The van der Waals surface area contributed by atoms with Gasteiger partial charge in [0.05, 0.1) is 18.6 Å². The lowest BCUT2D eigenvalue weighted by molar-refractivity contribution is -0.133. The molecule has 2 heterocycles. The van der Waals surface area contributed by atoms with E-state index in [0.717, 1.165) is 11.3 Å². The number of carbonyl (C=O) groups is 1. The Morgan fingerprint density at radius 2 is 2.35 bits per heavy atom. The molecule has 0 aromatic carbocycles. The van der Waals surface area contributed by atoms with Crippen molar-refractivity contribution in [1.82, 2.24) is 14.5 Å². The van der Waals surface area contributed by atoms with Gasteiger partial charge in [0.15, 0.2) is 5.16 Å². The van der Waals surface area contributed by atoms with Crippen LogP contribution < -0.4 is 4.74 Å². The van der Waals surface area contributed by atoms with E-state index in [-0.39, 0.29) is 5.75 Å². The number of nitrogens with zero attached hydrogens (tertiary/aromatic N) is 3. The third-order valence-corrected chi connectivity index (χ3v) is 3.52. The van der Waals surface area contributed by atoms with Crippen molar-refractivity contribution in [3.05, 3.63) is 35.8 Å². The number of thioether (sulfide) groups is 1. The molecule has 2 rings (SSSR count). The van der Waals surface area contributed by atoms with E-state index in [0.29, 0.717) is 17.6 Å². The molecule has 0 atom stereocenters. The number of rotatable bonds is 6. The molecular weight excluding hydrogens is 278 g/mol. The molecule has 0 saturated carbocycles. The number of aromatic nitrogens is 3. The second-order valence-electron chi connectivity index (χ2n) is 4.18. The predicted molar refractivity (Wildman–Crippen MR) is 75.2 cm³/mol. The van der Waals surface area contributed by atoms with Crippen LogP contribution in [0.4, 0.5) is 0 Å². The normalized spacial score (nSPS) is 10.5. The van der Waals surface area contributed by atoms with Crippen LogP contribution in [-0.4, -0.2) is 38.5 Å². The number of aryl methyl sites for hydroxylation is 1. The molecular formula is C13H15N3O3S. The van der Waals surface area contributed by atoms with Crippen LogP contribution in [0.3, 0.4) is 0 Å². The summed E-state index contributed by atoms with van der Waals surface area (Å²) in [6.07, 6.45) is 3.58. The Kier molecular flexibility index (Phi) is 4.62. The molecule has 7 heteroatoms. The number of pyridine rings is 1. The number of methoxy groups -OCH3 is 1. The molecule has 106 valence electrons. The second-order valence-corrected chi connectivity index (χ2v) is 5.12. The molecule has 2 aromatic heterocycles. The highest BCUT2D eigenvalue weighted by atomic mass is 32.2. The zero-order valence-corrected chi connectivity index (χ0v) is 12.1. The number of carboxylic acids is 1. The maximum absolute atomic E-state index is 10.6. The number of carboxylic acid groups (broad SMARTS) is 1. The molecule has 0 amide bonds. The van der Waals surface area contributed by atoms with E-state index in [9.17, 15) is 4.79 Å². The van der Waals surface area contributed by atoms with E-state index < -0.39 is 5.97 Å². The Hall–Kier alpha value is -2.02. The van der Waals surface area contributed by atoms with Crippen LogP contribution in [0.15, 0.2) is 29.7 Å². The maximum Gasteiger partial charge on any atom is 0.313 e. The standard InChI is InChI=1S/C13H15N3O3S/c1-9-6-16(13(15-9)20-8-12(17)18)7-10-3-4-14-11(5-10)19-2/h3-6H,7-8H2,1-2H3,(H,17,18). The molecule has 0 fully saturated rings. The third-order valence-electron chi connectivity index (χ3n) is 2.55. The van der Waals surface area contributed by atoms with Crippen molar-refractivity contribution in [1.29, 1.82) is 0 Å². The van der Waals surface area contributed by atoms with Gasteiger partial charge in [0.2, 0.25) is 5.88 Å². The number of imidazole rings is 1. The van der Waals surface area contributed by atoms with Gasteiger partial charge in [-0.2, -0.15) is 0 Å². The minimum Gasteiger partial charge on any atom is -0.481 e. The molecule has 0 radical (unpaired) electrons. The van der Waals surface area contributed by atoms with Gasteiger partial charge in [0.1, 0.15) is 0 Å². The molecule has 0 saturated heterocycles. The summed E-state index contributed by atoms with van der Waals surface area (Å²) >= 11 is 1.21. The highest BCUT2D eigenvalue weighted by molar-refractivity contribution is 7.99. The summed E-state index contributed by atoms with van der Waals surface area (Å²) in [4.78, 5) is 19.0. The fourth-order valence-corrected chi connectivity index (χ4v) is 2.48. The van der Waals surface area contributed by atoms with Crippen LogP contribution in [0.5, 0.6) is 5.88 Å². The van der Waals surface area contributed by atoms with Crippen LogP contribution in [0.1, 0.15) is 11.3 Å². The first-order chi connectivity index (χ1) is 9.58. The molecule has 1 N–H and O–H groups in total. The summed E-state index contributed by atoms with van der Waals surface area (Å²) in [5.74, 6) is -0.303. The monoisotopic (exact) mass is 293 g/mol. The molecule has 0 aliphatic heterocycles. The van der Waals surface area contributed by atoms with E-state index in [1.165, 1.54) is 11.8 Å². The lowest BCUT2D eigenvalue weighted by atomic mass is 10.2. The second kappa shape index (κ2) is 6.42. The average molecular weight is 293 g/mol. The summed E-state index contributed by atoms with van der Waals surface area (Å²) < 4.78 is 7.02. The van der Waals surface area contributed by atoms with Gasteiger partial charge in [0.25, 0.3) is 0 Å². The number of aliphatic carboxylic acids is 1. The third kappa shape index (κ3) is 3.74. The Labute approximate surface area is 120 Å². The fourth-order valence-electron chi connectivity index (χ4n) is 1.74. The first-order valence-electron chi connectivity index (χ1n) is 5.96. The topological polar surface area (TPSA) is 77.2 Å². The van der Waals surface area contributed by atoms with Gasteiger partial charge in [-0.25, -0.2) is 9.97 Å². The number of hydrogen-bond acceptors (Lipinski definition) is 5. The highest BCUT2D eigenvalue weighted by Gasteiger charge is 2.09. The van der Waals surface area contributed by atoms with Gasteiger partial charge < -0.3 is 14.4 Å². The lowest BCUT2D eigenvalue weighted by Gasteiger charge is -2.07. The zero-order valence-electron chi connectivity index (χ0n) is 11.2. The van der Waals surface area contributed by atoms with Gasteiger partial charge in [-0.15, -0.1) is 0 Å². The molecule has 0 unspecified atom stereocenters.